The number of aliphatic imine (C=N–C) groups is 1. The van der Waals surface area contributed by atoms with Crippen molar-refractivity contribution in [2.45, 2.75) is 0 Å². The van der Waals surface area contributed by atoms with Gasteiger partial charge in [0.15, 0.2) is 0 Å². The number of thiophene rings is 1. The normalized spacial score (nSPS) is 9.00. The van der Waals surface area contributed by atoms with E-state index in [1.54, 1.807) is 6.07 Å². The molecule has 0 aromatic carbocycles. The van der Waals surface area contributed by atoms with Gasteiger partial charge >= 0.3 is 0 Å². The second-order valence-corrected chi connectivity index (χ2v) is 5.16. The quantitative estimate of drug-likeness (QED) is 0.574. The fourth-order valence-corrected chi connectivity index (χ4v) is 3.09. The zero-order valence-corrected chi connectivity index (χ0v) is 8.59. The van der Waals surface area contributed by atoms with Crippen molar-refractivity contribution in [1.82, 2.24) is 0 Å². The number of isocyanates is 1. The van der Waals surface area contributed by atoms with Crippen molar-refractivity contribution in [1.29, 1.82) is 0 Å². The molecule has 0 spiro atoms. The van der Waals surface area contributed by atoms with Gasteiger partial charge in [0.1, 0.15) is 5.69 Å². The van der Waals surface area contributed by atoms with Gasteiger partial charge in [-0.15, -0.1) is 11.3 Å². The van der Waals surface area contributed by atoms with E-state index in [9.17, 15) is 4.79 Å². The SMILES string of the molecule is O=C=Nc1cc(Br)sc1Br. The summed E-state index contributed by atoms with van der Waals surface area (Å²) in [6.07, 6.45) is 1.47. The van der Waals surface area contributed by atoms with Gasteiger partial charge in [-0.3, -0.25) is 0 Å². The minimum atomic E-state index is 0.617. The Hall–Kier alpha value is 0.0400. The zero-order valence-electron chi connectivity index (χ0n) is 4.60. The van der Waals surface area contributed by atoms with Crippen LogP contribution in [0.3, 0.4) is 0 Å². The van der Waals surface area contributed by atoms with E-state index in [0.717, 1.165) is 7.57 Å². The molecule has 0 radical (unpaired) electrons. The molecule has 0 bridgehead atoms. The minimum Gasteiger partial charge on any atom is -0.211 e. The first-order valence-corrected chi connectivity index (χ1v) is 4.67. The molecule has 0 saturated heterocycles. The third-order valence-corrected chi connectivity index (χ3v) is 3.11. The zero-order chi connectivity index (χ0) is 7.56. The van der Waals surface area contributed by atoms with Crippen LogP contribution in [0.4, 0.5) is 5.69 Å². The van der Waals surface area contributed by atoms with E-state index >= 15 is 0 Å². The number of nitrogens with zero attached hydrogens (tertiary/aromatic N) is 1. The van der Waals surface area contributed by atoms with Gasteiger partial charge in [-0.2, -0.15) is 4.99 Å². The summed E-state index contributed by atoms with van der Waals surface area (Å²) in [7, 11) is 0. The van der Waals surface area contributed by atoms with Crippen molar-refractivity contribution in [2.75, 3.05) is 0 Å². The number of carbonyl (C=O) groups excluding carboxylic acids is 1. The smallest absolute Gasteiger partial charge is 0.211 e. The van der Waals surface area contributed by atoms with Gasteiger partial charge in [-0.25, -0.2) is 4.79 Å². The largest absolute Gasteiger partial charge is 0.240 e. The molecule has 1 aromatic rings. The van der Waals surface area contributed by atoms with Crippen molar-refractivity contribution in [2.24, 2.45) is 4.99 Å². The number of rotatable bonds is 1. The lowest BCUT2D eigenvalue weighted by Crippen LogP contribution is -1.52. The summed E-state index contributed by atoms with van der Waals surface area (Å²) in [6, 6.07) is 1.75. The average Bonchev–Trinajstić information content (AvgIpc) is 2.13. The fourth-order valence-electron chi connectivity index (χ4n) is 0.457. The lowest BCUT2D eigenvalue weighted by atomic mass is 10.6. The van der Waals surface area contributed by atoms with Crippen molar-refractivity contribution in [3.05, 3.63) is 13.6 Å². The fraction of sp³-hybridized carbons (Fsp3) is 0. The molecular weight excluding hydrogens is 282 g/mol. The third-order valence-electron chi connectivity index (χ3n) is 0.805. The Balaban J connectivity index is 3.14. The van der Waals surface area contributed by atoms with Crippen LogP contribution in [-0.4, -0.2) is 6.08 Å². The first-order valence-electron chi connectivity index (χ1n) is 2.26. The molecule has 10 heavy (non-hydrogen) atoms. The van der Waals surface area contributed by atoms with Crippen LogP contribution in [0.2, 0.25) is 0 Å². The van der Waals surface area contributed by atoms with Crippen molar-refractivity contribution < 1.29 is 4.79 Å². The Bertz CT molecular complexity index is 290. The first kappa shape index (κ1) is 8.14. The van der Waals surface area contributed by atoms with Gasteiger partial charge in [0, 0.05) is 0 Å². The van der Waals surface area contributed by atoms with Crippen molar-refractivity contribution in [3.8, 4) is 0 Å². The van der Waals surface area contributed by atoms with Crippen LogP contribution < -0.4 is 0 Å². The molecule has 0 saturated carbocycles. The van der Waals surface area contributed by atoms with Gasteiger partial charge in [0.05, 0.1) is 7.57 Å². The maximum absolute atomic E-state index is 9.81. The van der Waals surface area contributed by atoms with Gasteiger partial charge in [0.2, 0.25) is 6.08 Å². The summed E-state index contributed by atoms with van der Waals surface area (Å²) in [4.78, 5) is 13.3. The van der Waals surface area contributed by atoms with Crippen LogP contribution in [-0.2, 0) is 4.79 Å². The summed E-state index contributed by atoms with van der Waals surface area (Å²) in [5.41, 5.74) is 0.617. The summed E-state index contributed by atoms with van der Waals surface area (Å²) in [5, 5.41) is 0. The Morgan fingerprint density at radius 1 is 1.60 bits per heavy atom. The maximum atomic E-state index is 9.81. The Morgan fingerprint density at radius 2 is 2.30 bits per heavy atom. The molecule has 1 aromatic heterocycles. The van der Waals surface area contributed by atoms with Gasteiger partial charge in [-0.05, 0) is 37.9 Å². The molecule has 52 valence electrons. The molecule has 2 nitrogen and oxygen atoms in total. The predicted molar refractivity (Wildman–Crippen MR) is 47.5 cm³/mol. The number of hydrogen-bond donors (Lipinski definition) is 0. The lowest BCUT2D eigenvalue weighted by molar-refractivity contribution is 0.565. The Kier molecular flexibility index (Phi) is 2.80. The standard InChI is InChI=1S/C5HBr2NOS/c6-4-1-3(8-2-9)5(7)10-4/h1H. The lowest BCUT2D eigenvalue weighted by Gasteiger charge is -1.78. The molecule has 1 rings (SSSR count). The van der Waals surface area contributed by atoms with E-state index in [4.69, 9.17) is 0 Å². The number of hydrogen-bond acceptors (Lipinski definition) is 3. The van der Waals surface area contributed by atoms with E-state index in [1.165, 1.54) is 17.4 Å². The topological polar surface area (TPSA) is 29.4 Å². The predicted octanol–water partition coefficient (Wildman–Crippen LogP) is 3.24. The van der Waals surface area contributed by atoms with Crippen LogP contribution in [0, 0.1) is 0 Å². The molecule has 1 heterocycles. The highest BCUT2D eigenvalue weighted by Gasteiger charge is 2.02. The molecule has 0 fully saturated rings. The molecule has 0 N–H and O–H groups in total. The minimum absolute atomic E-state index is 0.617. The summed E-state index contributed by atoms with van der Waals surface area (Å²) >= 11 is 7.96. The molecular formula is C5HBr2NOS. The van der Waals surface area contributed by atoms with Crippen LogP contribution in [0.25, 0.3) is 0 Å². The molecule has 0 atom stereocenters. The monoisotopic (exact) mass is 281 g/mol. The van der Waals surface area contributed by atoms with Crippen LogP contribution in [0.1, 0.15) is 0 Å². The van der Waals surface area contributed by atoms with Gasteiger partial charge in [-0.1, -0.05) is 0 Å². The van der Waals surface area contributed by atoms with Crippen LogP contribution in [0.15, 0.2) is 18.6 Å². The summed E-state index contributed by atoms with van der Waals surface area (Å²) in [5.74, 6) is 0. The highest BCUT2D eigenvalue weighted by molar-refractivity contribution is 9.12. The first-order chi connectivity index (χ1) is 4.74. The van der Waals surface area contributed by atoms with E-state index in [-0.39, 0.29) is 0 Å². The third kappa shape index (κ3) is 1.76. The summed E-state index contributed by atoms with van der Waals surface area (Å²) in [6.45, 7) is 0. The van der Waals surface area contributed by atoms with E-state index in [2.05, 4.69) is 36.9 Å². The second-order valence-electron chi connectivity index (χ2n) is 1.41. The van der Waals surface area contributed by atoms with Gasteiger partial charge in [0.25, 0.3) is 0 Å². The van der Waals surface area contributed by atoms with Crippen LogP contribution in [0.5, 0.6) is 0 Å². The van der Waals surface area contributed by atoms with E-state index in [1.807, 2.05) is 0 Å². The van der Waals surface area contributed by atoms with Crippen molar-refractivity contribution >= 4 is 55.0 Å². The molecule has 0 aliphatic rings. The molecule has 0 amide bonds. The van der Waals surface area contributed by atoms with Crippen molar-refractivity contribution in [3.63, 3.8) is 0 Å². The second kappa shape index (κ2) is 3.44. The molecule has 0 aliphatic heterocycles. The number of halogens is 2. The van der Waals surface area contributed by atoms with Crippen LogP contribution >= 0.6 is 43.2 Å². The highest BCUT2D eigenvalue weighted by Crippen LogP contribution is 2.37. The Labute approximate surface area is 78.2 Å². The Morgan fingerprint density at radius 3 is 2.70 bits per heavy atom. The molecule has 5 heteroatoms. The van der Waals surface area contributed by atoms with E-state index < -0.39 is 0 Å². The van der Waals surface area contributed by atoms with E-state index in [0.29, 0.717) is 5.69 Å². The summed E-state index contributed by atoms with van der Waals surface area (Å²) < 4.78 is 1.77. The van der Waals surface area contributed by atoms with Gasteiger partial charge < -0.3 is 0 Å². The average molecular weight is 283 g/mol. The highest BCUT2D eigenvalue weighted by atomic mass is 79.9. The molecule has 0 unspecified atom stereocenters. The molecule has 0 aliphatic carbocycles. The maximum Gasteiger partial charge on any atom is 0.240 e.